The summed E-state index contributed by atoms with van der Waals surface area (Å²) in [5, 5.41) is 1.15. The molecule has 0 spiro atoms. The number of hydrogen-bond acceptors (Lipinski definition) is 2. The van der Waals surface area contributed by atoms with Crippen LogP contribution in [0.4, 0.5) is 0 Å². The van der Waals surface area contributed by atoms with Crippen LogP contribution in [-0.4, -0.2) is 15.3 Å². The number of fused-ring (bicyclic) bond motifs is 1. The number of benzene rings is 1. The van der Waals surface area contributed by atoms with Crippen LogP contribution in [-0.2, 0) is 0 Å². The molecule has 0 aliphatic carbocycles. The molecule has 2 nitrogen and oxygen atoms in total. The summed E-state index contributed by atoms with van der Waals surface area (Å²) < 4.78 is 2.27. The summed E-state index contributed by atoms with van der Waals surface area (Å²) in [4.78, 5) is 4.64. The predicted octanol–water partition coefficient (Wildman–Crippen LogP) is 3.22. The van der Waals surface area contributed by atoms with E-state index in [2.05, 4.69) is 46.9 Å². The third kappa shape index (κ3) is 1.47. The molecule has 2 aromatic rings. The highest BCUT2D eigenvalue weighted by atomic mass is 32.2. The van der Waals surface area contributed by atoms with E-state index in [1.165, 1.54) is 5.56 Å². The van der Waals surface area contributed by atoms with Gasteiger partial charge in [-0.05, 0) is 6.92 Å². The molecule has 3 heteroatoms. The van der Waals surface area contributed by atoms with Gasteiger partial charge in [0.1, 0.15) is 0 Å². The lowest BCUT2D eigenvalue weighted by Crippen LogP contribution is -1.98. The molecule has 1 aromatic carbocycles. The smallest absolute Gasteiger partial charge is 0.168 e. The van der Waals surface area contributed by atoms with Gasteiger partial charge < -0.3 is 4.57 Å². The molecule has 0 radical (unpaired) electrons. The van der Waals surface area contributed by atoms with E-state index in [0.29, 0.717) is 6.04 Å². The first-order chi connectivity index (χ1) is 7.34. The SMILES string of the molecule is CC1CSc2nc(-c3ccccc3)cn21. The second-order valence-electron chi connectivity index (χ2n) is 3.84. The van der Waals surface area contributed by atoms with Gasteiger partial charge in [0.15, 0.2) is 5.16 Å². The van der Waals surface area contributed by atoms with Crippen LogP contribution in [0.1, 0.15) is 13.0 Å². The minimum atomic E-state index is 0.579. The topological polar surface area (TPSA) is 17.8 Å². The van der Waals surface area contributed by atoms with E-state index in [9.17, 15) is 0 Å². The number of thioether (sulfide) groups is 1. The number of imidazole rings is 1. The van der Waals surface area contributed by atoms with Gasteiger partial charge in [-0.15, -0.1) is 0 Å². The summed E-state index contributed by atoms with van der Waals surface area (Å²) in [5.74, 6) is 1.15. The van der Waals surface area contributed by atoms with Crippen molar-refractivity contribution in [2.24, 2.45) is 0 Å². The second kappa shape index (κ2) is 3.42. The molecule has 3 rings (SSSR count). The van der Waals surface area contributed by atoms with Crippen molar-refractivity contribution in [3.63, 3.8) is 0 Å². The zero-order chi connectivity index (χ0) is 10.3. The van der Waals surface area contributed by atoms with Gasteiger partial charge in [-0.25, -0.2) is 4.98 Å². The second-order valence-corrected chi connectivity index (χ2v) is 4.83. The molecule has 1 aliphatic heterocycles. The summed E-state index contributed by atoms with van der Waals surface area (Å²) in [6, 6.07) is 10.9. The molecule has 76 valence electrons. The van der Waals surface area contributed by atoms with Crippen LogP contribution in [0.5, 0.6) is 0 Å². The molecule has 0 N–H and O–H groups in total. The summed E-state index contributed by atoms with van der Waals surface area (Å²) >= 11 is 1.84. The summed E-state index contributed by atoms with van der Waals surface area (Å²) in [6.07, 6.45) is 2.16. The van der Waals surface area contributed by atoms with Crippen LogP contribution in [0.2, 0.25) is 0 Å². The molecule has 1 unspecified atom stereocenters. The lowest BCUT2D eigenvalue weighted by Gasteiger charge is -2.02. The van der Waals surface area contributed by atoms with Gasteiger partial charge in [-0.2, -0.15) is 0 Å². The van der Waals surface area contributed by atoms with E-state index >= 15 is 0 Å². The fraction of sp³-hybridized carbons (Fsp3) is 0.250. The van der Waals surface area contributed by atoms with Crippen molar-refractivity contribution in [3.8, 4) is 11.3 Å². The van der Waals surface area contributed by atoms with Crippen LogP contribution in [0.15, 0.2) is 41.7 Å². The van der Waals surface area contributed by atoms with Crippen molar-refractivity contribution in [3.05, 3.63) is 36.5 Å². The summed E-state index contributed by atoms with van der Waals surface area (Å²) in [7, 11) is 0. The van der Waals surface area contributed by atoms with Crippen LogP contribution >= 0.6 is 11.8 Å². The Labute approximate surface area is 93.3 Å². The van der Waals surface area contributed by atoms with Gasteiger partial charge in [0.25, 0.3) is 0 Å². The molecule has 2 heterocycles. The minimum absolute atomic E-state index is 0.579. The standard InChI is InChI=1S/C12H12N2S/c1-9-8-15-12-13-11(7-14(9)12)10-5-3-2-4-6-10/h2-7,9H,8H2,1H3. The molecule has 0 saturated heterocycles. The Kier molecular flexibility index (Phi) is 2.06. The number of rotatable bonds is 1. The molecular weight excluding hydrogens is 204 g/mol. The van der Waals surface area contributed by atoms with E-state index < -0.39 is 0 Å². The van der Waals surface area contributed by atoms with E-state index in [1.807, 2.05) is 17.8 Å². The normalized spacial score (nSPS) is 19.1. The van der Waals surface area contributed by atoms with Crippen molar-refractivity contribution >= 4 is 11.8 Å². The third-order valence-electron chi connectivity index (χ3n) is 2.70. The molecule has 0 amide bonds. The van der Waals surface area contributed by atoms with Gasteiger partial charge in [0, 0.05) is 23.6 Å². The monoisotopic (exact) mass is 216 g/mol. The Balaban J connectivity index is 2.05. The van der Waals surface area contributed by atoms with Crippen molar-refractivity contribution in [2.75, 3.05) is 5.75 Å². The maximum atomic E-state index is 4.64. The van der Waals surface area contributed by atoms with Crippen LogP contribution in [0, 0.1) is 0 Å². The Morgan fingerprint density at radius 1 is 1.33 bits per heavy atom. The largest absolute Gasteiger partial charge is 0.322 e. The molecule has 0 fully saturated rings. The predicted molar refractivity (Wildman–Crippen MR) is 63.1 cm³/mol. The molecule has 1 atom stereocenters. The zero-order valence-electron chi connectivity index (χ0n) is 8.55. The van der Waals surface area contributed by atoms with Crippen molar-refractivity contribution in [2.45, 2.75) is 18.1 Å². The Morgan fingerprint density at radius 2 is 2.13 bits per heavy atom. The van der Waals surface area contributed by atoms with Crippen LogP contribution < -0.4 is 0 Å². The quantitative estimate of drug-likeness (QED) is 0.728. The van der Waals surface area contributed by atoms with E-state index in [-0.39, 0.29) is 0 Å². The maximum absolute atomic E-state index is 4.64. The first-order valence-corrected chi connectivity index (χ1v) is 6.10. The minimum Gasteiger partial charge on any atom is -0.322 e. The van der Waals surface area contributed by atoms with Gasteiger partial charge >= 0.3 is 0 Å². The average molecular weight is 216 g/mol. The Hall–Kier alpha value is -1.22. The van der Waals surface area contributed by atoms with Gasteiger partial charge in [0.05, 0.1) is 5.69 Å². The van der Waals surface area contributed by atoms with Gasteiger partial charge in [-0.1, -0.05) is 42.1 Å². The zero-order valence-corrected chi connectivity index (χ0v) is 9.37. The van der Waals surface area contributed by atoms with Crippen LogP contribution in [0.3, 0.4) is 0 Å². The van der Waals surface area contributed by atoms with Crippen molar-refractivity contribution in [1.29, 1.82) is 0 Å². The third-order valence-corrected chi connectivity index (χ3v) is 3.91. The Bertz CT molecular complexity index is 476. The molecule has 1 aromatic heterocycles. The first-order valence-electron chi connectivity index (χ1n) is 5.11. The Morgan fingerprint density at radius 3 is 2.87 bits per heavy atom. The van der Waals surface area contributed by atoms with E-state index in [4.69, 9.17) is 0 Å². The van der Waals surface area contributed by atoms with Crippen LogP contribution in [0.25, 0.3) is 11.3 Å². The molecular formula is C12H12N2S. The number of aromatic nitrogens is 2. The van der Waals surface area contributed by atoms with E-state index in [0.717, 1.165) is 16.6 Å². The van der Waals surface area contributed by atoms with Crippen molar-refractivity contribution in [1.82, 2.24) is 9.55 Å². The molecule has 0 bridgehead atoms. The maximum Gasteiger partial charge on any atom is 0.168 e. The fourth-order valence-electron chi connectivity index (χ4n) is 1.82. The number of nitrogens with zero attached hydrogens (tertiary/aromatic N) is 2. The molecule has 15 heavy (non-hydrogen) atoms. The summed E-state index contributed by atoms with van der Waals surface area (Å²) in [5.41, 5.74) is 2.29. The highest BCUT2D eigenvalue weighted by Crippen LogP contribution is 2.34. The first kappa shape index (κ1) is 9.04. The lowest BCUT2D eigenvalue weighted by molar-refractivity contribution is 0.583. The highest BCUT2D eigenvalue weighted by molar-refractivity contribution is 7.99. The van der Waals surface area contributed by atoms with Gasteiger partial charge in [-0.3, -0.25) is 0 Å². The van der Waals surface area contributed by atoms with Crippen molar-refractivity contribution < 1.29 is 0 Å². The molecule has 1 aliphatic rings. The lowest BCUT2D eigenvalue weighted by atomic mass is 10.2. The fourth-order valence-corrected chi connectivity index (χ4v) is 2.92. The average Bonchev–Trinajstić information content (AvgIpc) is 2.83. The highest BCUT2D eigenvalue weighted by Gasteiger charge is 2.21. The summed E-state index contributed by atoms with van der Waals surface area (Å²) in [6.45, 7) is 2.24. The van der Waals surface area contributed by atoms with Gasteiger partial charge in [0.2, 0.25) is 0 Å². The van der Waals surface area contributed by atoms with E-state index in [1.54, 1.807) is 0 Å². The number of hydrogen-bond donors (Lipinski definition) is 0. The molecule has 0 saturated carbocycles.